The molecule has 2 aromatic rings. The molecule has 0 aliphatic rings. The first-order valence-corrected chi connectivity index (χ1v) is 7.99. The summed E-state index contributed by atoms with van der Waals surface area (Å²) in [4.78, 5) is 24.9. The standard InChI is InChI=1S/C17H21FN4O3/c1-5-20(12(3)14-6-8-15(18)9-7-14)16(23)10-21-13(4)17(22(24)25)11(2)19-21/h6-9,12H,5,10H2,1-4H3/t12-/m0/s1. The lowest BCUT2D eigenvalue weighted by Crippen LogP contribution is -2.36. The molecule has 0 saturated carbocycles. The monoisotopic (exact) mass is 348 g/mol. The normalized spacial score (nSPS) is 12.0. The molecule has 1 atom stereocenters. The van der Waals surface area contributed by atoms with Gasteiger partial charge in [0.15, 0.2) is 0 Å². The molecule has 0 fully saturated rings. The summed E-state index contributed by atoms with van der Waals surface area (Å²) in [5.74, 6) is -0.542. The third kappa shape index (κ3) is 3.84. The maximum Gasteiger partial charge on any atom is 0.312 e. The molecule has 1 aromatic heterocycles. The number of aromatic nitrogens is 2. The van der Waals surface area contributed by atoms with Gasteiger partial charge in [0.1, 0.15) is 23.7 Å². The van der Waals surface area contributed by atoms with Crippen LogP contribution in [0.2, 0.25) is 0 Å². The van der Waals surface area contributed by atoms with Crippen LogP contribution >= 0.6 is 0 Å². The van der Waals surface area contributed by atoms with Gasteiger partial charge in [-0.25, -0.2) is 4.39 Å². The van der Waals surface area contributed by atoms with Crippen LogP contribution in [0.4, 0.5) is 10.1 Å². The maximum atomic E-state index is 13.1. The van der Waals surface area contributed by atoms with Crippen LogP contribution in [0.3, 0.4) is 0 Å². The molecule has 7 nitrogen and oxygen atoms in total. The van der Waals surface area contributed by atoms with E-state index in [0.29, 0.717) is 12.2 Å². The van der Waals surface area contributed by atoms with Gasteiger partial charge in [-0.1, -0.05) is 12.1 Å². The summed E-state index contributed by atoms with van der Waals surface area (Å²) in [6.07, 6.45) is 0. The molecule has 2 rings (SSSR count). The first-order chi connectivity index (χ1) is 11.8. The van der Waals surface area contributed by atoms with Crippen molar-refractivity contribution in [2.75, 3.05) is 6.54 Å². The Labute approximate surface area is 145 Å². The van der Waals surface area contributed by atoms with Crippen molar-refractivity contribution < 1.29 is 14.1 Å². The van der Waals surface area contributed by atoms with E-state index in [9.17, 15) is 19.3 Å². The lowest BCUT2D eigenvalue weighted by atomic mass is 10.1. The van der Waals surface area contributed by atoms with Gasteiger partial charge in [0, 0.05) is 6.54 Å². The summed E-state index contributed by atoms with van der Waals surface area (Å²) < 4.78 is 14.4. The van der Waals surface area contributed by atoms with E-state index in [1.807, 2.05) is 13.8 Å². The van der Waals surface area contributed by atoms with Crippen LogP contribution in [0.5, 0.6) is 0 Å². The Bertz CT molecular complexity index is 786. The SMILES string of the molecule is CCN(C(=O)Cn1nc(C)c([N+](=O)[O-])c1C)[C@@H](C)c1ccc(F)cc1. The van der Waals surface area contributed by atoms with Crippen molar-refractivity contribution in [3.05, 3.63) is 57.1 Å². The minimum Gasteiger partial charge on any atom is -0.335 e. The summed E-state index contributed by atoms with van der Waals surface area (Å²) in [6, 6.07) is 5.75. The van der Waals surface area contributed by atoms with Crippen LogP contribution in [-0.4, -0.2) is 32.1 Å². The van der Waals surface area contributed by atoms with E-state index in [1.54, 1.807) is 30.9 Å². The molecule has 0 unspecified atom stereocenters. The summed E-state index contributed by atoms with van der Waals surface area (Å²) in [6.45, 7) is 7.20. The highest BCUT2D eigenvalue weighted by Gasteiger charge is 2.25. The minimum atomic E-state index is -0.489. The summed E-state index contributed by atoms with van der Waals surface area (Å²) in [5, 5.41) is 15.2. The van der Waals surface area contributed by atoms with E-state index in [0.717, 1.165) is 5.56 Å². The second-order valence-corrected chi connectivity index (χ2v) is 5.84. The minimum absolute atomic E-state index is 0.0672. The fourth-order valence-corrected chi connectivity index (χ4v) is 2.91. The zero-order chi connectivity index (χ0) is 18.7. The number of amides is 1. The Morgan fingerprint density at radius 1 is 1.36 bits per heavy atom. The van der Waals surface area contributed by atoms with Crippen molar-refractivity contribution in [3.8, 4) is 0 Å². The van der Waals surface area contributed by atoms with Crippen molar-refractivity contribution in [3.63, 3.8) is 0 Å². The van der Waals surface area contributed by atoms with E-state index in [4.69, 9.17) is 0 Å². The van der Waals surface area contributed by atoms with Crippen LogP contribution in [0.1, 0.15) is 36.8 Å². The molecule has 8 heteroatoms. The number of hydrogen-bond acceptors (Lipinski definition) is 4. The van der Waals surface area contributed by atoms with Gasteiger partial charge in [0.05, 0.1) is 11.0 Å². The van der Waals surface area contributed by atoms with Gasteiger partial charge < -0.3 is 4.90 Å². The van der Waals surface area contributed by atoms with E-state index < -0.39 is 4.92 Å². The van der Waals surface area contributed by atoms with Crippen molar-refractivity contribution in [1.29, 1.82) is 0 Å². The fraction of sp³-hybridized carbons (Fsp3) is 0.412. The smallest absolute Gasteiger partial charge is 0.312 e. The van der Waals surface area contributed by atoms with E-state index in [2.05, 4.69) is 5.10 Å². The maximum absolute atomic E-state index is 13.1. The van der Waals surface area contributed by atoms with Gasteiger partial charge >= 0.3 is 5.69 Å². The van der Waals surface area contributed by atoms with Gasteiger partial charge in [0.25, 0.3) is 0 Å². The number of hydrogen-bond donors (Lipinski definition) is 0. The predicted octanol–water partition coefficient (Wildman–Crippen LogP) is 3.16. The molecule has 1 heterocycles. The molecule has 0 spiro atoms. The fourth-order valence-electron chi connectivity index (χ4n) is 2.91. The van der Waals surface area contributed by atoms with Crippen molar-refractivity contribution >= 4 is 11.6 Å². The zero-order valence-corrected chi connectivity index (χ0v) is 14.7. The van der Waals surface area contributed by atoms with Gasteiger partial charge in [-0.15, -0.1) is 0 Å². The largest absolute Gasteiger partial charge is 0.335 e. The Kier molecular flexibility index (Phi) is 5.51. The Morgan fingerprint density at radius 3 is 2.44 bits per heavy atom. The quantitative estimate of drug-likeness (QED) is 0.593. The number of rotatable bonds is 6. The van der Waals surface area contributed by atoms with Crippen LogP contribution in [0.15, 0.2) is 24.3 Å². The number of carbonyl (C=O) groups is 1. The molecule has 0 aliphatic heterocycles. The molecule has 134 valence electrons. The molecule has 25 heavy (non-hydrogen) atoms. The van der Waals surface area contributed by atoms with Gasteiger partial charge in [-0.2, -0.15) is 5.10 Å². The average molecular weight is 348 g/mol. The van der Waals surface area contributed by atoms with Gasteiger partial charge in [-0.3, -0.25) is 19.6 Å². The summed E-state index contributed by atoms with van der Waals surface area (Å²) in [5.41, 5.74) is 1.38. The number of halogens is 1. The third-order valence-electron chi connectivity index (χ3n) is 4.29. The second kappa shape index (κ2) is 7.42. The zero-order valence-electron chi connectivity index (χ0n) is 14.7. The predicted molar refractivity (Wildman–Crippen MR) is 90.6 cm³/mol. The molecule has 0 aliphatic carbocycles. The Morgan fingerprint density at radius 2 is 1.96 bits per heavy atom. The molecule has 0 saturated heterocycles. The van der Waals surface area contributed by atoms with Crippen LogP contribution < -0.4 is 0 Å². The first kappa shape index (κ1) is 18.6. The number of nitro groups is 1. The van der Waals surface area contributed by atoms with E-state index in [-0.39, 0.29) is 35.7 Å². The summed E-state index contributed by atoms with van der Waals surface area (Å²) >= 11 is 0. The van der Waals surface area contributed by atoms with Crippen LogP contribution in [0.25, 0.3) is 0 Å². The first-order valence-electron chi connectivity index (χ1n) is 7.99. The lowest BCUT2D eigenvalue weighted by Gasteiger charge is -2.28. The molecular weight excluding hydrogens is 327 g/mol. The lowest BCUT2D eigenvalue weighted by molar-refractivity contribution is -0.386. The number of likely N-dealkylation sites (N-methyl/N-ethyl adjacent to an activating group) is 1. The molecule has 0 N–H and O–H groups in total. The van der Waals surface area contributed by atoms with E-state index in [1.165, 1.54) is 16.8 Å². The number of nitrogens with zero attached hydrogens (tertiary/aromatic N) is 4. The summed E-state index contributed by atoms with van der Waals surface area (Å²) in [7, 11) is 0. The third-order valence-corrected chi connectivity index (χ3v) is 4.29. The van der Waals surface area contributed by atoms with Gasteiger partial charge in [0.2, 0.25) is 5.91 Å². The van der Waals surface area contributed by atoms with Crippen molar-refractivity contribution in [2.45, 2.75) is 40.3 Å². The molecule has 0 bridgehead atoms. The highest BCUT2D eigenvalue weighted by molar-refractivity contribution is 5.76. The van der Waals surface area contributed by atoms with E-state index >= 15 is 0 Å². The number of carbonyl (C=O) groups excluding carboxylic acids is 1. The van der Waals surface area contributed by atoms with Crippen LogP contribution in [-0.2, 0) is 11.3 Å². The molecule has 0 radical (unpaired) electrons. The Hall–Kier alpha value is -2.77. The topological polar surface area (TPSA) is 81.3 Å². The highest BCUT2D eigenvalue weighted by Crippen LogP contribution is 2.24. The Balaban J connectivity index is 2.22. The van der Waals surface area contributed by atoms with Crippen molar-refractivity contribution in [2.24, 2.45) is 0 Å². The molecule has 1 aromatic carbocycles. The van der Waals surface area contributed by atoms with Crippen molar-refractivity contribution in [1.82, 2.24) is 14.7 Å². The van der Waals surface area contributed by atoms with Crippen LogP contribution in [0, 0.1) is 29.8 Å². The molecule has 1 amide bonds. The number of benzene rings is 1. The molecular formula is C17H21FN4O3. The highest BCUT2D eigenvalue weighted by atomic mass is 19.1. The van der Waals surface area contributed by atoms with Gasteiger partial charge in [-0.05, 0) is 45.4 Å². The second-order valence-electron chi connectivity index (χ2n) is 5.84. The number of aryl methyl sites for hydroxylation is 1. The average Bonchev–Trinajstić information content (AvgIpc) is 2.82.